The van der Waals surface area contributed by atoms with Crippen molar-refractivity contribution in [3.63, 3.8) is 0 Å². The van der Waals surface area contributed by atoms with Gasteiger partial charge < -0.3 is 11.1 Å². The van der Waals surface area contributed by atoms with Crippen LogP contribution in [0.25, 0.3) is 11.1 Å². The van der Waals surface area contributed by atoms with Crippen molar-refractivity contribution in [2.24, 2.45) is 5.92 Å². The van der Waals surface area contributed by atoms with Crippen LogP contribution in [-0.4, -0.2) is 22.4 Å². The molecule has 0 aliphatic carbocycles. The van der Waals surface area contributed by atoms with Gasteiger partial charge in [0, 0.05) is 36.3 Å². The van der Waals surface area contributed by atoms with Crippen molar-refractivity contribution < 1.29 is 4.79 Å². The Hall–Kier alpha value is -2.43. The van der Waals surface area contributed by atoms with Crippen LogP contribution in [-0.2, 0) is 0 Å². The van der Waals surface area contributed by atoms with Crippen LogP contribution in [0.1, 0.15) is 30.6 Å². The van der Waals surface area contributed by atoms with E-state index in [2.05, 4.69) is 29.1 Å². The lowest BCUT2D eigenvalue weighted by atomic mass is 10.1. The number of carbonyl (C=O) groups is 1. The first-order valence-electron chi connectivity index (χ1n) is 7.02. The third kappa shape index (κ3) is 4.02. The average molecular weight is 284 g/mol. The van der Waals surface area contributed by atoms with Crippen LogP contribution in [0.2, 0.25) is 0 Å². The number of nitrogens with two attached hydrogens (primary N) is 1. The molecule has 3 N–H and O–H groups in total. The largest absolute Gasteiger partial charge is 0.383 e. The van der Waals surface area contributed by atoms with Crippen molar-refractivity contribution in [2.75, 3.05) is 12.3 Å². The van der Waals surface area contributed by atoms with E-state index in [9.17, 15) is 4.79 Å². The minimum Gasteiger partial charge on any atom is -0.383 e. The molecule has 0 aliphatic rings. The predicted octanol–water partition coefficient (Wildman–Crippen LogP) is 2.50. The fourth-order valence-electron chi connectivity index (χ4n) is 1.93. The molecule has 0 saturated heterocycles. The second kappa shape index (κ2) is 6.83. The van der Waals surface area contributed by atoms with Gasteiger partial charge in [-0.1, -0.05) is 19.9 Å². The minimum atomic E-state index is -0.131. The van der Waals surface area contributed by atoms with Crippen LogP contribution in [0.4, 0.5) is 5.82 Å². The highest BCUT2D eigenvalue weighted by Crippen LogP contribution is 2.24. The van der Waals surface area contributed by atoms with E-state index in [0.29, 0.717) is 23.8 Å². The summed E-state index contributed by atoms with van der Waals surface area (Å²) in [4.78, 5) is 20.3. The van der Waals surface area contributed by atoms with Crippen LogP contribution in [0, 0.1) is 5.92 Å². The van der Waals surface area contributed by atoms with E-state index >= 15 is 0 Å². The SMILES string of the molecule is CC(C)CCNC(=O)c1cnc(N)c(-c2cccnc2)c1. The summed E-state index contributed by atoms with van der Waals surface area (Å²) in [5, 5.41) is 2.89. The highest BCUT2D eigenvalue weighted by Gasteiger charge is 2.11. The zero-order valence-corrected chi connectivity index (χ0v) is 12.3. The van der Waals surface area contributed by atoms with Gasteiger partial charge in [0.05, 0.1) is 5.56 Å². The van der Waals surface area contributed by atoms with Gasteiger partial charge in [0.2, 0.25) is 0 Å². The van der Waals surface area contributed by atoms with Crippen LogP contribution in [0.5, 0.6) is 0 Å². The Morgan fingerprint density at radius 2 is 2.19 bits per heavy atom. The Bertz CT molecular complexity index is 611. The first kappa shape index (κ1) is 15.0. The van der Waals surface area contributed by atoms with Crippen molar-refractivity contribution in [1.82, 2.24) is 15.3 Å². The number of hydrogen-bond donors (Lipinski definition) is 2. The van der Waals surface area contributed by atoms with Gasteiger partial charge in [0.15, 0.2) is 0 Å². The lowest BCUT2D eigenvalue weighted by Crippen LogP contribution is -2.25. The second-order valence-electron chi connectivity index (χ2n) is 5.34. The van der Waals surface area contributed by atoms with Crippen molar-refractivity contribution in [1.29, 1.82) is 0 Å². The van der Waals surface area contributed by atoms with Crippen molar-refractivity contribution in [3.05, 3.63) is 42.4 Å². The van der Waals surface area contributed by atoms with Crippen LogP contribution >= 0.6 is 0 Å². The van der Waals surface area contributed by atoms with Gasteiger partial charge in [-0.25, -0.2) is 4.98 Å². The molecule has 0 bridgehead atoms. The standard InChI is InChI=1S/C16H20N4O/c1-11(2)5-7-19-16(21)13-8-14(15(17)20-10-13)12-4-3-6-18-9-12/h3-4,6,8-11H,5,7H2,1-2H3,(H2,17,20)(H,19,21). The number of anilines is 1. The molecule has 2 heterocycles. The van der Waals surface area contributed by atoms with E-state index in [1.807, 2.05) is 12.1 Å². The van der Waals surface area contributed by atoms with Gasteiger partial charge in [-0.05, 0) is 24.5 Å². The molecule has 0 spiro atoms. The van der Waals surface area contributed by atoms with E-state index in [1.54, 1.807) is 18.5 Å². The van der Waals surface area contributed by atoms with E-state index in [-0.39, 0.29) is 5.91 Å². The van der Waals surface area contributed by atoms with Gasteiger partial charge in [-0.3, -0.25) is 9.78 Å². The maximum absolute atomic E-state index is 12.1. The van der Waals surface area contributed by atoms with Gasteiger partial charge in [-0.2, -0.15) is 0 Å². The Morgan fingerprint density at radius 3 is 2.86 bits per heavy atom. The van der Waals surface area contributed by atoms with Crippen molar-refractivity contribution in [2.45, 2.75) is 20.3 Å². The van der Waals surface area contributed by atoms with Crippen LogP contribution < -0.4 is 11.1 Å². The first-order chi connectivity index (χ1) is 10.1. The smallest absolute Gasteiger partial charge is 0.252 e. The number of carbonyl (C=O) groups excluding carboxylic acids is 1. The molecule has 0 aliphatic heterocycles. The van der Waals surface area contributed by atoms with Gasteiger partial charge in [0.1, 0.15) is 5.82 Å². The first-order valence-corrected chi connectivity index (χ1v) is 7.02. The summed E-state index contributed by atoms with van der Waals surface area (Å²) >= 11 is 0. The second-order valence-corrected chi connectivity index (χ2v) is 5.34. The minimum absolute atomic E-state index is 0.131. The summed E-state index contributed by atoms with van der Waals surface area (Å²) in [6.07, 6.45) is 5.84. The predicted molar refractivity (Wildman–Crippen MR) is 83.7 cm³/mol. The number of nitrogens with zero attached hydrogens (tertiary/aromatic N) is 2. The molecule has 21 heavy (non-hydrogen) atoms. The summed E-state index contributed by atoms with van der Waals surface area (Å²) in [5.41, 5.74) is 7.97. The molecule has 5 nitrogen and oxygen atoms in total. The summed E-state index contributed by atoms with van der Waals surface area (Å²) in [5.74, 6) is 0.816. The fraction of sp³-hybridized carbons (Fsp3) is 0.312. The monoisotopic (exact) mass is 284 g/mol. The topological polar surface area (TPSA) is 80.9 Å². The van der Waals surface area contributed by atoms with Gasteiger partial charge in [0.25, 0.3) is 5.91 Å². The van der Waals surface area contributed by atoms with E-state index in [4.69, 9.17) is 5.73 Å². The molecule has 2 aromatic rings. The zero-order valence-electron chi connectivity index (χ0n) is 12.3. The summed E-state index contributed by atoms with van der Waals surface area (Å²) in [6, 6.07) is 5.47. The normalized spacial score (nSPS) is 10.6. The molecule has 2 rings (SSSR count). The molecule has 1 amide bonds. The summed E-state index contributed by atoms with van der Waals surface area (Å²) in [6.45, 7) is 4.90. The number of amides is 1. The molecule has 0 fully saturated rings. The highest BCUT2D eigenvalue weighted by atomic mass is 16.1. The quantitative estimate of drug-likeness (QED) is 0.884. The number of pyridine rings is 2. The molecule has 0 atom stereocenters. The van der Waals surface area contributed by atoms with E-state index in [1.165, 1.54) is 6.20 Å². The summed E-state index contributed by atoms with van der Waals surface area (Å²) < 4.78 is 0. The molecule has 0 aromatic carbocycles. The Morgan fingerprint density at radius 1 is 1.38 bits per heavy atom. The average Bonchev–Trinajstić information content (AvgIpc) is 2.48. The van der Waals surface area contributed by atoms with Crippen LogP contribution in [0.15, 0.2) is 36.8 Å². The van der Waals surface area contributed by atoms with Gasteiger partial charge in [-0.15, -0.1) is 0 Å². The maximum atomic E-state index is 12.1. The zero-order chi connectivity index (χ0) is 15.2. The van der Waals surface area contributed by atoms with E-state index < -0.39 is 0 Å². The van der Waals surface area contributed by atoms with Crippen LogP contribution in [0.3, 0.4) is 0 Å². The number of aromatic nitrogens is 2. The molecular formula is C16H20N4O. The molecule has 0 unspecified atom stereocenters. The number of hydrogen-bond acceptors (Lipinski definition) is 4. The Balaban J connectivity index is 2.17. The van der Waals surface area contributed by atoms with E-state index in [0.717, 1.165) is 17.5 Å². The molecule has 5 heteroatoms. The highest BCUT2D eigenvalue weighted by molar-refractivity contribution is 5.96. The third-order valence-electron chi connectivity index (χ3n) is 3.16. The number of nitrogens with one attached hydrogen (secondary N) is 1. The van der Waals surface area contributed by atoms with Gasteiger partial charge >= 0.3 is 0 Å². The van der Waals surface area contributed by atoms with Crippen molar-refractivity contribution >= 4 is 11.7 Å². The van der Waals surface area contributed by atoms with Crippen molar-refractivity contribution in [3.8, 4) is 11.1 Å². The molecule has 0 saturated carbocycles. The lowest BCUT2D eigenvalue weighted by Gasteiger charge is -2.09. The Labute approximate surface area is 124 Å². The molecule has 2 aromatic heterocycles. The lowest BCUT2D eigenvalue weighted by molar-refractivity contribution is 0.0951. The fourth-order valence-corrected chi connectivity index (χ4v) is 1.93. The molecular weight excluding hydrogens is 264 g/mol. The maximum Gasteiger partial charge on any atom is 0.252 e. The number of nitrogen functional groups attached to an aromatic ring is 1. The third-order valence-corrected chi connectivity index (χ3v) is 3.16. The summed E-state index contributed by atoms with van der Waals surface area (Å²) in [7, 11) is 0. The number of rotatable bonds is 5. The molecule has 110 valence electrons. The Kier molecular flexibility index (Phi) is 4.87. The molecule has 0 radical (unpaired) electrons.